The molecule has 0 unspecified atom stereocenters. The Morgan fingerprint density at radius 1 is 1.10 bits per heavy atom. The highest BCUT2D eigenvalue weighted by molar-refractivity contribution is 9.10. The zero-order valence-electron chi connectivity index (χ0n) is 11.5. The monoisotopic (exact) mass is 340 g/mol. The van der Waals surface area contributed by atoms with Crippen LogP contribution in [-0.4, -0.2) is 17.9 Å². The van der Waals surface area contributed by atoms with Gasteiger partial charge in [-0.15, -0.1) is 0 Å². The number of nitrogens with zero attached hydrogens (tertiary/aromatic N) is 2. The Hall–Kier alpha value is -2.20. The van der Waals surface area contributed by atoms with Crippen LogP contribution in [0.3, 0.4) is 0 Å². The number of rotatable bonds is 2. The molecule has 0 spiro atoms. The van der Waals surface area contributed by atoms with Gasteiger partial charge in [0.15, 0.2) is 0 Å². The Labute approximate surface area is 131 Å². The Bertz CT molecular complexity index is 802. The second kappa shape index (κ2) is 5.66. The molecule has 0 radical (unpaired) electrons. The van der Waals surface area contributed by atoms with Gasteiger partial charge in [-0.2, -0.15) is 0 Å². The average molecular weight is 341 g/mol. The lowest BCUT2D eigenvalue weighted by Crippen LogP contribution is -2.26. The van der Waals surface area contributed by atoms with Crippen molar-refractivity contribution in [3.8, 4) is 0 Å². The fourth-order valence-electron chi connectivity index (χ4n) is 2.21. The number of hydrogen-bond acceptors (Lipinski definition) is 2. The number of pyridine rings is 1. The molecule has 3 rings (SSSR count). The number of aromatic nitrogens is 1. The second-order valence-electron chi connectivity index (χ2n) is 4.78. The van der Waals surface area contributed by atoms with Crippen molar-refractivity contribution in [2.75, 3.05) is 11.9 Å². The van der Waals surface area contributed by atoms with Crippen molar-refractivity contribution in [3.63, 3.8) is 0 Å². The highest BCUT2D eigenvalue weighted by Crippen LogP contribution is 2.22. The minimum Gasteiger partial charge on any atom is -0.310 e. The fourth-order valence-corrected chi connectivity index (χ4v) is 2.59. The predicted molar refractivity (Wildman–Crippen MR) is 88.6 cm³/mol. The van der Waals surface area contributed by atoms with Gasteiger partial charge in [-0.1, -0.05) is 28.1 Å². The second-order valence-corrected chi connectivity index (χ2v) is 5.70. The number of halogens is 1. The number of carbonyl (C=O) groups excluding carboxylic acids is 1. The molecule has 3 nitrogen and oxygen atoms in total. The number of benzene rings is 2. The molecule has 4 heteroatoms. The van der Waals surface area contributed by atoms with E-state index in [2.05, 4.69) is 20.9 Å². The fraction of sp³-hybridized carbons (Fsp3) is 0.0588. The Balaban J connectivity index is 1.96. The van der Waals surface area contributed by atoms with Gasteiger partial charge in [0, 0.05) is 23.3 Å². The standard InChI is InChI=1S/C17H13BrN2O/c1-20(16-3-2-8-19-11-16)17(21)14-5-4-13-10-15(18)7-6-12(13)9-14/h2-11H,1H3. The average Bonchev–Trinajstić information content (AvgIpc) is 2.53. The molecule has 0 bridgehead atoms. The van der Waals surface area contributed by atoms with Crippen LogP contribution >= 0.6 is 15.9 Å². The van der Waals surface area contributed by atoms with E-state index >= 15 is 0 Å². The summed E-state index contributed by atoms with van der Waals surface area (Å²) in [4.78, 5) is 18.2. The van der Waals surface area contributed by atoms with Crippen LogP contribution in [0.15, 0.2) is 65.4 Å². The molecule has 104 valence electrons. The highest BCUT2D eigenvalue weighted by atomic mass is 79.9. The van der Waals surface area contributed by atoms with Crippen LogP contribution in [0.4, 0.5) is 5.69 Å². The minimum absolute atomic E-state index is 0.0483. The minimum atomic E-state index is -0.0483. The molecule has 0 aliphatic carbocycles. The maximum absolute atomic E-state index is 12.5. The van der Waals surface area contributed by atoms with Crippen LogP contribution in [-0.2, 0) is 0 Å². The Morgan fingerprint density at radius 2 is 1.86 bits per heavy atom. The van der Waals surface area contributed by atoms with E-state index in [0.29, 0.717) is 5.56 Å². The molecule has 3 aromatic rings. The third-order valence-electron chi connectivity index (χ3n) is 3.39. The molecule has 0 saturated carbocycles. The first-order chi connectivity index (χ1) is 10.1. The molecule has 0 aliphatic heterocycles. The van der Waals surface area contributed by atoms with E-state index in [1.54, 1.807) is 24.3 Å². The summed E-state index contributed by atoms with van der Waals surface area (Å²) in [6.45, 7) is 0. The third-order valence-corrected chi connectivity index (χ3v) is 3.88. The third kappa shape index (κ3) is 2.81. The van der Waals surface area contributed by atoms with E-state index in [0.717, 1.165) is 20.9 Å². The quantitative estimate of drug-likeness (QED) is 0.697. The van der Waals surface area contributed by atoms with E-state index in [1.165, 1.54) is 0 Å². The first-order valence-corrected chi connectivity index (χ1v) is 7.32. The van der Waals surface area contributed by atoms with E-state index in [4.69, 9.17) is 0 Å². The van der Waals surface area contributed by atoms with E-state index < -0.39 is 0 Å². The van der Waals surface area contributed by atoms with Crippen molar-refractivity contribution in [1.29, 1.82) is 0 Å². The molecular formula is C17H13BrN2O. The van der Waals surface area contributed by atoms with E-state index in [9.17, 15) is 4.79 Å². The van der Waals surface area contributed by atoms with Gasteiger partial charge in [-0.3, -0.25) is 9.78 Å². The van der Waals surface area contributed by atoms with Crippen LogP contribution in [0.1, 0.15) is 10.4 Å². The highest BCUT2D eigenvalue weighted by Gasteiger charge is 2.13. The van der Waals surface area contributed by atoms with Crippen molar-refractivity contribution < 1.29 is 4.79 Å². The first-order valence-electron chi connectivity index (χ1n) is 6.52. The number of carbonyl (C=O) groups is 1. The zero-order valence-corrected chi connectivity index (χ0v) is 13.0. The number of anilines is 1. The number of amides is 1. The van der Waals surface area contributed by atoms with Gasteiger partial charge >= 0.3 is 0 Å². The normalized spacial score (nSPS) is 10.6. The van der Waals surface area contributed by atoms with Crippen molar-refractivity contribution in [1.82, 2.24) is 4.98 Å². The number of hydrogen-bond donors (Lipinski definition) is 0. The molecule has 0 atom stereocenters. The molecule has 21 heavy (non-hydrogen) atoms. The molecule has 1 aromatic heterocycles. The lowest BCUT2D eigenvalue weighted by atomic mass is 10.1. The SMILES string of the molecule is CN(C(=O)c1ccc2cc(Br)ccc2c1)c1cccnc1. The molecular weight excluding hydrogens is 328 g/mol. The van der Waals surface area contributed by atoms with Crippen LogP contribution in [0.25, 0.3) is 10.8 Å². The zero-order chi connectivity index (χ0) is 14.8. The summed E-state index contributed by atoms with van der Waals surface area (Å²) in [7, 11) is 1.76. The molecule has 0 fully saturated rings. The molecule has 0 saturated heterocycles. The van der Waals surface area contributed by atoms with Gasteiger partial charge < -0.3 is 4.90 Å². The van der Waals surface area contributed by atoms with Gasteiger partial charge in [-0.05, 0) is 47.2 Å². The smallest absolute Gasteiger partial charge is 0.258 e. The summed E-state index contributed by atoms with van der Waals surface area (Å²) in [6.07, 6.45) is 3.37. The summed E-state index contributed by atoms with van der Waals surface area (Å²) in [5.41, 5.74) is 1.44. The van der Waals surface area contributed by atoms with Gasteiger partial charge in [0.2, 0.25) is 0 Å². The molecule has 1 heterocycles. The maximum Gasteiger partial charge on any atom is 0.258 e. The number of fused-ring (bicyclic) bond motifs is 1. The summed E-state index contributed by atoms with van der Waals surface area (Å²) in [5, 5.41) is 2.15. The molecule has 2 aromatic carbocycles. The topological polar surface area (TPSA) is 33.2 Å². The van der Waals surface area contributed by atoms with Gasteiger partial charge in [0.25, 0.3) is 5.91 Å². The summed E-state index contributed by atoms with van der Waals surface area (Å²) < 4.78 is 1.03. The van der Waals surface area contributed by atoms with Crippen LogP contribution in [0.2, 0.25) is 0 Å². The summed E-state index contributed by atoms with van der Waals surface area (Å²) in [6, 6.07) is 15.4. The molecule has 0 N–H and O–H groups in total. The van der Waals surface area contributed by atoms with Crippen molar-refractivity contribution >= 4 is 38.3 Å². The van der Waals surface area contributed by atoms with Crippen molar-refractivity contribution in [3.05, 3.63) is 71.0 Å². The van der Waals surface area contributed by atoms with Crippen LogP contribution in [0, 0.1) is 0 Å². The lowest BCUT2D eigenvalue weighted by Gasteiger charge is -2.17. The van der Waals surface area contributed by atoms with Gasteiger partial charge in [-0.25, -0.2) is 0 Å². The van der Waals surface area contributed by atoms with E-state index in [1.807, 2.05) is 48.5 Å². The predicted octanol–water partition coefficient (Wildman–Crippen LogP) is 4.27. The van der Waals surface area contributed by atoms with Crippen LogP contribution < -0.4 is 4.90 Å². The summed E-state index contributed by atoms with van der Waals surface area (Å²) >= 11 is 3.45. The summed E-state index contributed by atoms with van der Waals surface area (Å²) in [5.74, 6) is -0.0483. The van der Waals surface area contributed by atoms with Crippen LogP contribution in [0.5, 0.6) is 0 Å². The first kappa shape index (κ1) is 13.8. The molecule has 1 amide bonds. The van der Waals surface area contributed by atoms with Gasteiger partial charge in [0.1, 0.15) is 0 Å². The Kier molecular flexibility index (Phi) is 3.71. The van der Waals surface area contributed by atoms with Gasteiger partial charge in [0.05, 0.1) is 11.9 Å². The maximum atomic E-state index is 12.5. The van der Waals surface area contributed by atoms with Crippen molar-refractivity contribution in [2.24, 2.45) is 0 Å². The van der Waals surface area contributed by atoms with Crippen molar-refractivity contribution in [2.45, 2.75) is 0 Å². The largest absolute Gasteiger partial charge is 0.310 e. The lowest BCUT2D eigenvalue weighted by molar-refractivity contribution is 0.0993. The van der Waals surface area contributed by atoms with E-state index in [-0.39, 0.29) is 5.91 Å². The Morgan fingerprint density at radius 3 is 2.62 bits per heavy atom. The molecule has 0 aliphatic rings.